The molecule has 104 valence electrons. The summed E-state index contributed by atoms with van der Waals surface area (Å²) in [5, 5.41) is 6.86. The molecule has 2 aromatic rings. The third-order valence-corrected chi connectivity index (χ3v) is 4.52. The van der Waals surface area contributed by atoms with Crippen LogP contribution in [0.3, 0.4) is 0 Å². The van der Waals surface area contributed by atoms with Crippen molar-refractivity contribution in [2.45, 2.75) is 47.2 Å². The van der Waals surface area contributed by atoms with Crippen molar-refractivity contribution in [3.63, 3.8) is 0 Å². The summed E-state index contributed by atoms with van der Waals surface area (Å²) < 4.78 is 2.36. The predicted molar refractivity (Wildman–Crippen MR) is 81.8 cm³/mol. The topological polar surface area (TPSA) is 29.9 Å². The van der Waals surface area contributed by atoms with Crippen molar-refractivity contribution < 1.29 is 0 Å². The third kappa shape index (κ3) is 3.45. The molecule has 2 rings (SSSR count). The van der Waals surface area contributed by atoms with Crippen LogP contribution in [0.5, 0.6) is 0 Å². The van der Waals surface area contributed by atoms with Crippen LogP contribution < -0.4 is 5.32 Å². The maximum absolute atomic E-state index is 4.48. The van der Waals surface area contributed by atoms with Gasteiger partial charge in [-0.2, -0.15) is 0 Å². The quantitative estimate of drug-likeness (QED) is 0.822. The highest BCUT2D eigenvalue weighted by molar-refractivity contribution is 7.09. The van der Waals surface area contributed by atoms with Crippen LogP contribution in [-0.4, -0.2) is 16.1 Å². The second kappa shape index (κ2) is 6.35. The molecule has 0 atom stereocenters. The van der Waals surface area contributed by atoms with E-state index in [9.17, 15) is 0 Å². The molecule has 0 amide bonds. The molecule has 1 N–H and O–H groups in total. The summed E-state index contributed by atoms with van der Waals surface area (Å²) in [6.45, 7) is 11.6. The zero-order valence-corrected chi connectivity index (χ0v) is 13.1. The molecule has 0 saturated carbocycles. The molecule has 3 nitrogen and oxygen atoms in total. The summed E-state index contributed by atoms with van der Waals surface area (Å²) in [5.41, 5.74) is 5.28. The number of thiazole rings is 1. The molecule has 2 aromatic heterocycles. The molecule has 4 heteroatoms. The van der Waals surface area contributed by atoms with Crippen molar-refractivity contribution in [2.24, 2.45) is 0 Å². The first-order chi connectivity index (χ1) is 9.11. The van der Waals surface area contributed by atoms with Gasteiger partial charge in [0.2, 0.25) is 0 Å². The Balaban J connectivity index is 1.83. The van der Waals surface area contributed by atoms with Crippen LogP contribution in [0.2, 0.25) is 0 Å². The Hall–Kier alpha value is -1.13. The monoisotopic (exact) mass is 277 g/mol. The predicted octanol–water partition coefficient (Wildman–Crippen LogP) is 3.22. The molecular formula is C15H23N3S. The lowest BCUT2D eigenvalue weighted by atomic mass is 10.2. The largest absolute Gasteiger partial charge is 0.349 e. The highest BCUT2D eigenvalue weighted by atomic mass is 32.1. The molecular weight excluding hydrogens is 254 g/mol. The fraction of sp³-hybridized carbons (Fsp3) is 0.533. The van der Waals surface area contributed by atoms with Crippen molar-refractivity contribution in [3.05, 3.63) is 39.1 Å². The lowest BCUT2D eigenvalue weighted by Crippen LogP contribution is -2.17. The third-order valence-electron chi connectivity index (χ3n) is 3.49. The molecule has 0 aromatic carbocycles. The van der Waals surface area contributed by atoms with Crippen molar-refractivity contribution in [3.8, 4) is 0 Å². The Morgan fingerprint density at radius 3 is 2.68 bits per heavy atom. The minimum Gasteiger partial charge on any atom is -0.349 e. The lowest BCUT2D eigenvalue weighted by Gasteiger charge is -2.06. The average Bonchev–Trinajstić information content (AvgIpc) is 2.90. The van der Waals surface area contributed by atoms with Gasteiger partial charge in [0.1, 0.15) is 0 Å². The zero-order valence-electron chi connectivity index (χ0n) is 12.3. The van der Waals surface area contributed by atoms with E-state index in [1.807, 2.05) is 6.92 Å². The Morgan fingerprint density at radius 2 is 2.11 bits per heavy atom. The van der Waals surface area contributed by atoms with Gasteiger partial charge in [-0.3, -0.25) is 0 Å². The summed E-state index contributed by atoms with van der Waals surface area (Å²) in [5.74, 6) is 0. The number of aryl methyl sites for hydroxylation is 2. The molecule has 0 fully saturated rings. The first-order valence-electron chi connectivity index (χ1n) is 6.89. The van der Waals surface area contributed by atoms with E-state index in [0.29, 0.717) is 0 Å². The molecule has 0 unspecified atom stereocenters. The number of aromatic nitrogens is 2. The van der Waals surface area contributed by atoms with Gasteiger partial charge in [-0.15, -0.1) is 11.3 Å². The van der Waals surface area contributed by atoms with Crippen molar-refractivity contribution in [1.29, 1.82) is 0 Å². The smallest absolute Gasteiger partial charge is 0.0940 e. The molecule has 2 heterocycles. The molecule has 0 aliphatic rings. The van der Waals surface area contributed by atoms with E-state index in [0.717, 1.165) is 31.7 Å². The van der Waals surface area contributed by atoms with Gasteiger partial charge in [0.05, 0.1) is 5.01 Å². The first-order valence-corrected chi connectivity index (χ1v) is 7.77. The minimum atomic E-state index is 0.948. The Kier molecular flexibility index (Phi) is 4.77. The fourth-order valence-electron chi connectivity index (χ4n) is 2.47. The number of hydrogen-bond donors (Lipinski definition) is 1. The second-order valence-corrected chi connectivity index (χ2v) is 5.89. The van der Waals surface area contributed by atoms with Crippen molar-refractivity contribution in [1.82, 2.24) is 14.9 Å². The van der Waals surface area contributed by atoms with E-state index >= 15 is 0 Å². The van der Waals surface area contributed by atoms with Gasteiger partial charge in [0.25, 0.3) is 0 Å². The van der Waals surface area contributed by atoms with Gasteiger partial charge >= 0.3 is 0 Å². The minimum absolute atomic E-state index is 0.948. The SMILES string of the molecule is CCn1c(C)cc(CNCCc2nc(C)cs2)c1C. The molecule has 0 spiro atoms. The van der Waals surface area contributed by atoms with E-state index < -0.39 is 0 Å². The van der Waals surface area contributed by atoms with Crippen LogP contribution in [0, 0.1) is 20.8 Å². The molecule has 19 heavy (non-hydrogen) atoms. The van der Waals surface area contributed by atoms with E-state index in [4.69, 9.17) is 0 Å². The van der Waals surface area contributed by atoms with Gasteiger partial charge in [-0.25, -0.2) is 4.98 Å². The Labute approximate surface area is 119 Å². The van der Waals surface area contributed by atoms with Crippen LogP contribution in [0.15, 0.2) is 11.4 Å². The Morgan fingerprint density at radius 1 is 1.32 bits per heavy atom. The highest BCUT2D eigenvalue weighted by Crippen LogP contribution is 2.14. The summed E-state index contributed by atoms with van der Waals surface area (Å²) in [6, 6.07) is 2.29. The highest BCUT2D eigenvalue weighted by Gasteiger charge is 2.07. The summed E-state index contributed by atoms with van der Waals surface area (Å²) in [4.78, 5) is 4.48. The number of nitrogens with zero attached hydrogens (tertiary/aromatic N) is 2. The number of nitrogens with one attached hydrogen (secondary N) is 1. The average molecular weight is 277 g/mol. The summed E-state index contributed by atoms with van der Waals surface area (Å²) in [7, 11) is 0. The summed E-state index contributed by atoms with van der Waals surface area (Å²) in [6.07, 6.45) is 1.02. The number of hydrogen-bond acceptors (Lipinski definition) is 3. The number of rotatable bonds is 6. The van der Waals surface area contributed by atoms with Gasteiger partial charge in [-0.1, -0.05) is 0 Å². The van der Waals surface area contributed by atoms with Crippen LogP contribution >= 0.6 is 11.3 Å². The van der Waals surface area contributed by atoms with Gasteiger partial charge in [-0.05, 0) is 39.3 Å². The van der Waals surface area contributed by atoms with Gasteiger partial charge in [0.15, 0.2) is 0 Å². The van der Waals surface area contributed by atoms with Crippen LogP contribution in [-0.2, 0) is 19.5 Å². The Bertz CT molecular complexity index is 540. The van der Waals surface area contributed by atoms with Gasteiger partial charge < -0.3 is 9.88 Å². The maximum atomic E-state index is 4.48. The standard InChI is InChI=1S/C15H23N3S/c1-5-18-12(3)8-14(13(18)4)9-16-7-6-15-17-11(2)10-19-15/h8,10,16H,5-7,9H2,1-4H3. The van der Waals surface area contributed by atoms with Crippen LogP contribution in [0.4, 0.5) is 0 Å². The van der Waals surface area contributed by atoms with E-state index in [-0.39, 0.29) is 0 Å². The lowest BCUT2D eigenvalue weighted by molar-refractivity contribution is 0.671. The normalized spacial score (nSPS) is 11.2. The summed E-state index contributed by atoms with van der Waals surface area (Å²) >= 11 is 1.75. The van der Waals surface area contributed by atoms with E-state index in [1.54, 1.807) is 11.3 Å². The van der Waals surface area contributed by atoms with Crippen LogP contribution in [0.25, 0.3) is 0 Å². The van der Waals surface area contributed by atoms with Gasteiger partial charge in [0, 0.05) is 48.5 Å². The van der Waals surface area contributed by atoms with Crippen molar-refractivity contribution >= 4 is 11.3 Å². The van der Waals surface area contributed by atoms with E-state index in [2.05, 4.69) is 47.1 Å². The maximum Gasteiger partial charge on any atom is 0.0940 e. The molecule has 0 saturated heterocycles. The second-order valence-electron chi connectivity index (χ2n) is 4.95. The molecule has 0 radical (unpaired) electrons. The van der Waals surface area contributed by atoms with Crippen LogP contribution in [0.1, 0.15) is 34.6 Å². The molecule has 0 aliphatic heterocycles. The molecule has 0 bridgehead atoms. The first kappa shape index (κ1) is 14.3. The fourth-order valence-corrected chi connectivity index (χ4v) is 3.25. The van der Waals surface area contributed by atoms with Crippen molar-refractivity contribution in [2.75, 3.05) is 6.54 Å². The molecule has 0 aliphatic carbocycles. The van der Waals surface area contributed by atoms with E-state index in [1.165, 1.54) is 22.0 Å². The zero-order chi connectivity index (χ0) is 13.8.